The van der Waals surface area contributed by atoms with E-state index in [-0.39, 0.29) is 5.91 Å². The summed E-state index contributed by atoms with van der Waals surface area (Å²) in [5.41, 5.74) is 1.66. The number of nitrogens with one attached hydrogen (secondary N) is 1. The van der Waals surface area contributed by atoms with Crippen LogP contribution < -0.4 is 5.32 Å². The van der Waals surface area contributed by atoms with Gasteiger partial charge in [0.15, 0.2) is 0 Å². The molecule has 0 atom stereocenters. The third kappa shape index (κ3) is 3.43. The van der Waals surface area contributed by atoms with Crippen LogP contribution in [0.2, 0.25) is 10.2 Å². The first kappa shape index (κ1) is 13.8. The van der Waals surface area contributed by atoms with Crippen LogP contribution in [0, 0.1) is 0 Å². The summed E-state index contributed by atoms with van der Waals surface area (Å²) in [5, 5.41) is 3.41. The number of hydrogen-bond donors (Lipinski definition) is 1. The van der Waals surface area contributed by atoms with Crippen LogP contribution in [0.15, 0.2) is 30.6 Å². The van der Waals surface area contributed by atoms with E-state index in [1.165, 1.54) is 12.3 Å². The highest BCUT2D eigenvalue weighted by Gasteiger charge is 2.11. The summed E-state index contributed by atoms with van der Waals surface area (Å²) >= 11 is 11.8. The number of aromatic nitrogens is 2. The van der Waals surface area contributed by atoms with E-state index in [0.717, 1.165) is 5.69 Å². The van der Waals surface area contributed by atoms with Crippen molar-refractivity contribution in [3.05, 3.63) is 52.0 Å². The van der Waals surface area contributed by atoms with Crippen molar-refractivity contribution >= 4 is 34.8 Å². The van der Waals surface area contributed by atoms with Crippen molar-refractivity contribution in [1.29, 1.82) is 0 Å². The van der Waals surface area contributed by atoms with Crippen molar-refractivity contribution in [2.45, 2.75) is 13.3 Å². The number of halogens is 2. The summed E-state index contributed by atoms with van der Waals surface area (Å²) in [7, 11) is 0. The van der Waals surface area contributed by atoms with Crippen LogP contribution in [0.25, 0.3) is 0 Å². The Morgan fingerprint density at radius 2 is 2.16 bits per heavy atom. The zero-order chi connectivity index (χ0) is 13.8. The van der Waals surface area contributed by atoms with E-state index in [9.17, 15) is 4.79 Å². The molecule has 0 aliphatic carbocycles. The molecule has 0 spiro atoms. The third-order valence-electron chi connectivity index (χ3n) is 2.49. The SMILES string of the molecule is CCc1cc(C(=O)Nc2cnccc2Cl)cc(Cl)n1. The van der Waals surface area contributed by atoms with Gasteiger partial charge in [0.25, 0.3) is 5.91 Å². The molecule has 6 heteroatoms. The van der Waals surface area contributed by atoms with E-state index in [0.29, 0.717) is 27.8 Å². The lowest BCUT2D eigenvalue weighted by Gasteiger charge is -2.07. The highest BCUT2D eigenvalue weighted by atomic mass is 35.5. The summed E-state index contributed by atoms with van der Waals surface area (Å²) in [6.07, 6.45) is 3.74. The summed E-state index contributed by atoms with van der Waals surface area (Å²) in [6.45, 7) is 1.94. The van der Waals surface area contributed by atoms with Gasteiger partial charge < -0.3 is 5.32 Å². The van der Waals surface area contributed by atoms with Gasteiger partial charge in [0, 0.05) is 17.5 Å². The topological polar surface area (TPSA) is 54.9 Å². The van der Waals surface area contributed by atoms with Crippen LogP contribution in [-0.4, -0.2) is 15.9 Å². The third-order valence-corrected chi connectivity index (χ3v) is 3.01. The Kier molecular flexibility index (Phi) is 4.35. The molecule has 98 valence electrons. The highest BCUT2D eigenvalue weighted by molar-refractivity contribution is 6.34. The summed E-state index contributed by atoms with van der Waals surface area (Å²) in [6, 6.07) is 4.82. The maximum absolute atomic E-state index is 12.1. The van der Waals surface area contributed by atoms with E-state index in [1.54, 1.807) is 18.3 Å². The fourth-order valence-corrected chi connectivity index (χ4v) is 1.91. The molecule has 0 fully saturated rings. The monoisotopic (exact) mass is 295 g/mol. The Morgan fingerprint density at radius 1 is 1.37 bits per heavy atom. The quantitative estimate of drug-likeness (QED) is 0.880. The van der Waals surface area contributed by atoms with Gasteiger partial charge in [-0.25, -0.2) is 4.98 Å². The molecule has 2 aromatic heterocycles. The standard InChI is InChI=1S/C13H11Cl2N3O/c1-2-9-5-8(6-12(15)17-9)13(19)18-11-7-16-4-3-10(11)14/h3-7H,2H2,1H3,(H,18,19). The molecule has 4 nitrogen and oxygen atoms in total. The molecular formula is C13H11Cl2N3O. The van der Waals surface area contributed by atoms with Crippen molar-refractivity contribution < 1.29 is 4.79 Å². The fraction of sp³-hybridized carbons (Fsp3) is 0.154. The molecule has 0 aliphatic rings. The summed E-state index contributed by atoms with van der Waals surface area (Å²) < 4.78 is 0. The van der Waals surface area contributed by atoms with E-state index in [1.807, 2.05) is 6.92 Å². The molecule has 2 rings (SSSR count). The Hall–Kier alpha value is -1.65. The van der Waals surface area contributed by atoms with E-state index >= 15 is 0 Å². The van der Waals surface area contributed by atoms with E-state index < -0.39 is 0 Å². The maximum Gasteiger partial charge on any atom is 0.255 e. The highest BCUT2D eigenvalue weighted by Crippen LogP contribution is 2.20. The Balaban J connectivity index is 2.25. The van der Waals surface area contributed by atoms with Crippen molar-refractivity contribution in [3.8, 4) is 0 Å². The van der Waals surface area contributed by atoms with Gasteiger partial charge in [-0.1, -0.05) is 30.1 Å². The minimum absolute atomic E-state index is 0.293. The Labute approximate surface area is 120 Å². The Bertz CT molecular complexity index is 617. The van der Waals surface area contributed by atoms with Crippen LogP contribution in [0.4, 0.5) is 5.69 Å². The lowest BCUT2D eigenvalue weighted by Crippen LogP contribution is -2.13. The van der Waals surface area contributed by atoms with Gasteiger partial charge in [-0.05, 0) is 24.6 Å². The lowest BCUT2D eigenvalue weighted by molar-refractivity contribution is 0.102. The van der Waals surface area contributed by atoms with Crippen molar-refractivity contribution in [1.82, 2.24) is 9.97 Å². The first-order valence-corrected chi connectivity index (χ1v) is 6.43. The van der Waals surface area contributed by atoms with E-state index in [4.69, 9.17) is 23.2 Å². The number of carbonyl (C=O) groups is 1. The second-order valence-corrected chi connectivity index (χ2v) is 4.63. The lowest BCUT2D eigenvalue weighted by atomic mass is 10.2. The number of aryl methyl sites for hydroxylation is 1. The van der Waals surface area contributed by atoms with Crippen molar-refractivity contribution in [3.63, 3.8) is 0 Å². The maximum atomic E-state index is 12.1. The molecule has 0 radical (unpaired) electrons. The summed E-state index contributed by atoms with van der Waals surface area (Å²) in [4.78, 5) is 20.1. The molecule has 0 aliphatic heterocycles. The van der Waals surface area contributed by atoms with Crippen LogP contribution in [0.1, 0.15) is 23.0 Å². The average Bonchev–Trinajstić information content (AvgIpc) is 2.40. The number of pyridine rings is 2. The molecule has 0 saturated heterocycles. The number of hydrogen-bond acceptors (Lipinski definition) is 3. The molecule has 2 heterocycles. The zero-order valence-electron chi connectivity index (χ0n) is 10.2. The molecular weight excluding hydrogens is 285 g/mol. The summed E-state index contributed by atoms with van der Waals surface area (Å²) in [5.74, 6) is -0.297. The number of rotatable bonds is 3. The first-order chi connectivity index (χ1) is 9.10. The van der Waals surface area contributed by atoms with Crippen LogP contribution in [0.5, 0.6) is 0 Å². The minimum atomic E-state index is -0.297. The molecule has 0 aromatic carbocycles. The van der Waals surface area contributed by atoms with Gasteiger partial charge in [-0.2, -0.15) is 0 Å². The largest absolute Gasteiger partial charge is 0.319 e. The molecule has 1 amide bonds. The molecule has 0 unspecified atom stereocenters. The van der Waals surface area contributed by atoms with Gasteiger partial charge in [0.1, 0.15) is 5.15 Å². The predicted octanol–water partition coefficient (Wildman–Crippen LogP) is 3.60. The molecule has 1 N–H and O–H groups in total. The van der Waals surface area contributed by atoms with Gasteiger partial charge in [0.05, 0.1) is 16.9 Å². The minimum Gasteiger partial charge on any atom is -0.319 e. The van der Waals surface area contributed by atoms with Crippen LogP contribution in [-0.2, 0) is 6.42 Å². The number of amides is 1. The molecule has 2 aromatic rings. The van der Waals surface area contributed by atoms with Crippen LogP contribution in [0.3, 0.4) is 0 Å². The number of anilines is 1. The average molecular weight is 296 g/mol. The van der Waals surface area contributed by atoms with Gasteiger partial charge in [0.2, 0.25) is 0 Å². The van der Waals surface area contributed by atoms with Gasteiger partial charge >= 0.3 is 0 Å². The fourth-order valence-electron chi connectivity index (χ4n) is 1.53. The second kappa shape index (κ2) is 5.99. The number of carbonyl (C=O) groups excluding carboxylic acids is 1. The number of nitrogens with zero attached hydrogens (tertiary/aromatic N) is 2. The molecule has 0 saturated carbocycles. The van der Waals surface area contributed by atoms with E-state index in [2.05, 4.69) is 15.3 Å². The molecule has 0 bridgehead atoms. The van der Waals surface area contributed by atoms with Crippen molar-refractivity contribution in [2.24, 2.45) is 0 Å². The van der Waals surface area contributed by atoms with Gasteiger partial charge in [-0.3, -0.25) is 9.78 Å². The molecule has 19 heavy (non-hydrogen) atoms. The first-order valence-electron chi connectivity index (χ1n) is 5.67. The van der Waals surface area contributed by atoms with Crippen LogP contribution >= 0.6 is 23.2 Å². The smallest absolute Gasteiger partial charge is 0.255 e. The van der Waals surface area contributed by atoms with Gasteiger partial charge in [-0.15, -0.1) is 0 Å². The predicted molar refractivity (Wildman–Crippen MR) is 75.8 cm³/mol. The van der Waals surface area contributed by atoms with Crippen molar-refractivity contribution in [2.75, 3.05) is 5.32 Å². The zero-order valence-corrected chi connectivity index (χ0v) is 11.7. The Morgan fingerprint density at radius 3 is 2.84 bits per heavy atom. The normalized spacial score (nSPS) is 10.3. The second-order valence-electron chi connectivity index (χ2n) is 3.83.